The normalized spacial score (nSPS) is 11.7. The van der Waals surface area contributed by atoms with Crippen molar-refractivity contribution in [3.63, 3.8) is 0 Å². The Kier molecular flexibility index (Phi) is 10.8. The Balaban J connectivity index is 1.54. The highest BCUT2D eigenvalue weighted by Crippen LogP contribution is 2.28. The Morgan fingerprint density at radius 3 is 2.23 bits per heavy atom. The molecule has 0 spiro atoms. The molecule has 43 heavy (non-hydrogen) atoms. The molecule has 0 fully saturated rings. The summed E-state index contributed by atoms with van der Waals surface area (Å²) < 4.78 is 12.0. The van der Waals surface area contributed by atoms with Crippen LogP contribution in [0.15, 0.2) is 84.9 Å². The van der Waals surface area contributed by atoms with E-state index in [0.29, 0.717) is 39.3 Å². The quantitative estimate of drug-likeness (QED) is 0.160. The Morgan fingerprint density at radius 1 is 0.860 bits per heavy atom. The molecule has 2 N–H and O–H groups in total. The first kappa shape index (κ1) is 31.6. The van der Waals surface area contributed by atoms with Crippen molar-refractivity contribution in [3.8, 4) is 17.2 Å². The highest BCUT2D eigenvalue weighted by molar-refractivity contribution is 6.30. The highest BCUT2D eigenvalue weighted by atomic mass is 35.5. The third-order valence-corrected chi connectivity index (χ3v) is 7.20. The third-order valence-electron chi connectivity index (χ3n) is 6.95. The number of hydrogen-bond acceptors (Lipinski definition) is 4. The number of carbonyl (C=O) groups excluding carboxylic acids is 1. The van der Waals surface area contributed by atoms with E-state index in [2.05, 4.69) is 51.2 Å². The predicted octanol–water partition coefficient (Wildman–Crippen LogP) is 8.86. The lowest BCUT2D eigenvalue weighted by Gasteiger charge is -2.23. The van der Waals surface area contributed by atoms with E-state index in [9.17, 15) is 14.7 Å². The van der Waals surface area contributed by atoms with Crippen molar-refractivity contribution in [1.82, 2.24) is 5.32 Å². The van der Waals surface area contributed by atoms with Gasteiger partial charge in [0, 0.05) is 17.0 Å². The van der Waals surface area contributed by atoms with Gasteiger partial charge in [0.25, 0.3) is 5.91 Å². The molecular formula is C36H38ClNO5. The summed E-state index contributed by atoms with van der Waals surface area (Å²) in [5.74, 6) is 1.03. The zero-order valence-electron chi connectivity index (χ0n) is 25.0. The van der Waals surface area contributed by atoms with Crippen LogP contribution < -0.4 is 14.8 Å². The molecule has 4 rings (SSSR count). The Morgan fingerprint density at radius 2 is 1.56 bits per heavy atom. The van der Waals surface area contributed by atoms with Gasteiger partial charge in [0.05, 0.1) is 6.04 Å². The van der Waals surface area contributed by atoms with Gasteiger partial charge in [-0.3, -0.25) is 9.59 Å². The number of carbonyl (C=O) groups is 2. The molecule has 0 radical (unpaired) electrons. The number of hydrogen-bond donors (Lipinski definition) is 2. The second kappa shape index (κ2) is 14.7. The van der Waals surface area contributed by atoms with Crippen LogP contribution in [0.1, 0.15) is 70.9 Å². The zero-order valence-corrected chi connectivity index (χ0v) is 25.8. The van der Waals surface area contributed by atoms with Crippen LogP contribution in [0.25, 0.3) is 0 Å². The van der Waals surface area contributed by atoms with E-state index >= 15 is 0 Å². The molecule has 1 unspecified atom stereocenters. The van der Waals surface area contributed by atoms with Crippen molar-refractivity contribution in [2.75, 3.05) is 0 Å². The number of benzene rings is 4. The SMILES string of the molecule is Cc1cc(C)cc(C(CC(C)C)NC(=O)c2cc(OCc3cccc(Oc4ccc(Cl)cc4)c3)ccc2CCC(=O)O)c1. The maximum absolute atomic E-state index is 13.8. The average Bonchev–Trinajstić information content (AvgIpc) is 2.95. The first-order valence-electron chi connectivity index (χ1n) is 14.4. The fraction of sp³-hybridized carbons (Fsp3) is 0.278. The number of carboxylic acids is 1. The molecule has 4 aromatic rings. The lowest BCUT2D eigenvalue weighted by atomic mass is 9.93. The van der Waals surface area contributed by atoms with Crippen LogP contribution in [0.2, 0.25) is 5.02 Å². The Hall–Kier alpha value is -4.29. The van der Waals surface area contributed by atoms with Crippen LogP contribution >= 0.6 is 11.6 Å². The summed E-state index contributed by atoms with van der Waals surface area (Å²) in [6.45, 7) is 8.62. The Bertz CT molecular complexity index is 1540. The minimum Gasteiger partial charge on any atom is -0.489 e. The number of ether oxygens (including phenoxy) is 2. The van der Waals surface area contributed by atoms with Crippen LogP contribution in [0, 0.1) is 19.8 Å². The number of rotatable bonds is 13. The summed E-state index contributed by atoms with van der Waals surface area (Å²) in [6.07, 6.45) is 0.929. The second-order valence-corrected chi connectivity index (χ2v) is 11.7. The van der Waals surface area contributed by atoms with Crippen molar-refractivity contribution < 1.29 is 24.2 Å². The topological polar surface area (TPSA) is 84.9 Å². The smallest absolute Gasteiger partial charge is 0.303 e. The van der Waals surface area contributed by atoms with Gasteiger partial charge in [-0.2, -0.15) is 0 Å². The molecule has 7 heteroatoms. The average molecular weight is 600 g/mol. The summed E-state index contributed by atoms with van der Waals surface area (Å²) in [4.78, 5) is 25.1. The van der Waals surface area contributed by atoms with Gasteiger partial charge in [0.1, 0.15) is 23.9 Å². The fourth-order valence-electron chi connectivity index (χ4n) is 5.02. The zero-order chi connectivity index (χ0) is 30.9. The van der Waals surface area contributed by atoms with Crippen molar-refractivity contribution in [3.05, 3.63) is 123 Å². The van der Waals surface area contributed by atoms with Gasteiger partial charge in [0.2, 0.25) is 0 Å². The number of amides is 1. The van der Waals surface area contributed by atoms with E-state index in [1.165, 1.54) is 0 Å². The van der Waals surface area contributed by atoms with E-state index in [1.807, 2.05) is 24.3 Å². The Labute approximate surface area is 258 Å². The number of aryl methyl sites for hydroxylation is 3. The van der Waals surface area contributed by atoms with Crippen molar-refractivity contribution in [2.45, 2.75) is 59.6 Å². The van der Waals surface area contributed by atoms with E-state index in [4.69, 9.17) is 21.1 Å². The molecule has 1 atom stereocenters. The monoisotopic (exact) mass is 599 g/mol. The summed E-state index contributed by atoms with van der Waals surface area (Å²) in [5, 5.41) is 13.2. The summed E-state index contributed by atoms with van der Waals surface area (Å²) in [7, 11) is 0. The summed E-state index contributed by atoms with van der Waals surface area (Å²) in [6, 6.07) is 26.1. The molecule has 0 aliphatic rings. The maximum Gasteiger partial charge on any atom is 0.303 e. The lowest BCUT2D eigenvalue weighted by Crippen LogP contribution is -2.30. The molecule has 6 nitrogen and oxygen atoms in total. The van der Waals surface area contributed by atoms with Gasteiger partial charge in [-0.05, 0) is 97.8 Å². The molecule has 0 aromatic heterocycles. The maximum atomic E-state index is 13.8. The van der Waals surface area contributed by atoms with Crippen LogP contribution in [0.3, 0.4) is 0 Å². The molecule has 0 saturated heterocycles. The van der Waals surface area contributed by atoms with Crippen LogP contribution in [0.5, 0.6) is 17.2 Å². The molecule has 0 bridgehead atoms. The molecule has 0 heterocycles. The van der Waals surface area contributed by atoms with Crippen LogP contribution in [-0.4, -0.2) is 17.0 Å². The van der Waals surface area contributed by atoms with Crippen LogP contribution in [0.4, 0.5) is 0 Å². The molecule has 0 aliphatic heterocycles. The van der Waals surface area contributed by atoms with Crippen molar-refractivity contribution in [2.24, 2.45) is 5.92 Å². The van der Waals surface area contributed by atoms with Crippen LogP contribution in [-0.2, 0) is 17.8 Å². The van der Waals surface area contributed by atoms with E-state index < -0.39 is 5.97 Å². The predicted molar refractivity (Wildman–Crippen MR) is 170 cm³/mol. The lowest BCUT2D eigenvalue weighted by molar-refractivity contribution is -0.136. The van der Waals surface area contributed by atoms with Crippen molar-refractivity contribution >= 4 is 23.5 Å². The molecule has 0 aliphatic carbocycles. The van der Waals surface area contributed by atoms with Gasteiger partial charge >= 0.3 is 5.97 Å². The standard InChI is InChI=1S/C36H38ClNO5/c1-23(2)16-34(28-18-24(3)17-25(4)19-28)38-36(41)33-21-31(12-8-27(33)9-15-35(39)40)42-22-26-6-5-7-32(20-26)43-30-13-10-29(37)11-14-30/h5-8,10-14,17-21,23,34H,9,15-16,22H2,1-4H3,(H,38,41)(H,39,40). The fourth-order valence-corrected chi connectivity index (χ4v) is 5.14. The van der Waals surface area contributed by atoms with Gasteiger partial charge in [-0.1, -0.05) is 73.0 Å². The minimum atomic E-state index is -0.916. The van der Waals surface area contributed by atoms with Gasteiger partial charge in [0.15, 0.2) is 0 Å². The molecule has 0 saturated carbocycles. The first-order chi connectivity index (χ1) is 20.5. The van der Waals surface area contributed by atoms with E-state index in [0.717, 1.165) is 28.7 Å². The summed E-state index contributed by atoms with van der Waals surface area (Å²) in [5.41, 5.74) is 5.29. The van der Waals surface area contributed by atoms with Gasteiger partial charge in [-0.15, -0.1) is 0 Å². The van der Waals surface area contributed by atoms with Gasteiger partial charge in [-0.25, -0.2) is 0 Å². The molecule has 4 aromatic carbocycles. The number of carboxylic acid groups (broad SMARTS) is 1. The summed E-state index contributed by atoms with van der Waals surface area (Å²) >= 11 is 5.97. The third kappa shape index (κ3) is 9.62. The molecule has 1 amide bonds. The van der Waals surface area contributed by atoms with E-state index in [1.54, 1.807) is 42.5 Å². The second-order valence-electron chi connectivity index (χ2n) is 11.3. The largest absolute Gasteiger partial charge is 0.489 e. The number of halogens is 1. The van der Waals surface area contributed by atoms with Crippen molar-refractivity contribution in [1.29, 1.82) is 0 Å². The minimum absolute atomic E-state index is 0.0760. The molecule has 224 valence electrons. The number of aliphatic carboxylic acids is 1. The first-order valence-corrected chi connectivity index (χ1v) is 14.8. The van der Waals surface area contributed by atoms with Gasteiger partial charge < -0.3 is 19.9 Å². The van der Waals surface area contributed by atoms with E-state index in [-0.39, 0.29) is 31.4 Å². The highest BCUT2D eigenvalue weighted by Gasteiger charge is 2.21. The number of nitrogens with one attached hydrogen (secondary N) is 1. The molecular weight excluding hydrogens is 562 g/mol.